The maximum atomic E-state index is 5.90. The van der Waals surface area contributed by atoms with Gasteiger partial charge >= 0.3 is 0 Å². The first-order chi connectivity index (χ1) is 5.38. The summed E-state index contributed by atoms with van der Waals surface area (Å²) >= 11 is 1.81. The van der Waals surface area contributed by atoms with Gasteiger partial charge < -0.3 is 4.43 Å². The largest absolute Gasteiger partial charge is 0.544 e. The van der Waals surface area contributed by atoms with Crippen LogP contribution < -0.4 is 4.43 Å². The second-order valence-electron chi connectivity index (χ2n) is 3.99. The second kappa shape index (κ2) is 3.22. The van der Waals surface area contributed by atoms with Crippen LogP contribution in [0.15, 0.2) is 6.07 Å². The third kappa shape index (κ3) is 2.64. The Morgan fingerprint density at radius 2 is 1.83 bits per heavy atom. The van der Waals surface area contributed by atoms with Gasteiger partial charge in [-0.2, -0.15) is 0 Å². The highest BCUT2D eigenvalue weighted by Crippen LogP contribution is 2.29. The van der Waals surface area contributed by atoms with Gasteiger partial charge in [0.15, 0.2) is 0 Å². The third-order valence-electron chi connectivity index (χ3n) is 1.41. The molecule has 0 saturated carbocycles. The molecule has 0 radical (unpaired) electrons. The van der Waals surface area contributed by atoms with E-state index in [4.69, 9.17) is 4.43 Å². The van der Waals surface area contributed by atoms with Crippen LogP contribution in [-0.2, 0) is 0 Å². The van der Waals surface area contributed by atoms with Gasteiger partial charge in [0, 0.05) is 9.75 Å². The molecular formula is C9H16OSSi. The fraction of sp³-hybridized carbons (Fsp3) is 0.556. The normalized spacial score (nSPS) is 11.8. The molecule has 1 rings (SSSR count). The standard InChI is InChI=1S/C9H16OSSi/c1-7-6-9(8(2)11-7)10-12(3,4)5/h6H,1-5H3. The lowest BCUT2D eigenvalue weighted by Gasteiger charge is -2.18. The van der Waals surface area contributed by atoms with E-state index in [2.05, 4.69) is 39.6 Å². The molecule has 0 aliphatic rings. The zero-order valence-corrected chi connectivity index (χ0v) is 10.2. The van der Waals surface area contributed by atoms with E-state index in [1.54, 1.807) is 0 Å². The molecule has 0 bridgehead atoms. The van der Waals surface area contributed by atoms with Crippen LogP contribution in [0.5, 0.6) is 5.75 Å². The topological polar surface area (TPSA) is 9.23 Å². The van der Waals surface area contributed by atoms with Gasteiger partial charge in [0.05, 0.1) is 0 Å². The highest BCUT2D eigenvalue weighted by molar-refractivity contribution is 7.12. The van der Waals surface area contributed by atoms with E-state index in [0.717, 1.165) is 5.75 Å². The molecule has 1 heterocycles. The second-order valence-corrected chi connectivity index (χ2v) is 9.88. The SMILES string of the molecule is Cc1cc(O[Si](C)(C)C)c(C)s1. The Hall–Kier alpha value is -0.283. The minimum Gasteiger partial charge on any atom is -0.544 e. The van der Waals surface area contributed by atoms with Crippen LogP contribution in [-0.4, -0.2) is 8.32 Å². The van der Waals surface area contributed by atoms with Crippen LogP contribution in [0.4, 0.5) is 0 Å². The van der Waals surface area contributed by atoms with Crippen molar-refractivity contribution in [1.29, 1.82) is 0 Å². The van der Waals surface area contributed by atoms with Gasteiger partial charge in [-0.05, 0) is 39.6 Å². The molecule has 0 amide bonds. The van der Waals surface area contributed by atoms with Crippen molar-refractivity contribution in [2.75, 3.05) is 0 Å². The Morgan fingerprint density at radius 3 is 2.17 bits per heavy atom. The fourth-order valence-electron chi connectivity index (χ4n) is 1.04. The lowest BCUT2D eigenvalue weighted by molar-refractivity contribution is 0.556. The third-order valence-corrected chi connectivity index (χ3v) is 3.19. The van der Waals surface area contributed by atoms with Crippen LogP contribution in [0.25, 0.3) is 0 Å². The van der Waals surface area contributed by atoms with E-state index in [9.17, 15) is 0 Å². The van der Waals surface area contributed by atoms with Gasteiger partial charge in [-0.15, -0.1) is 11.3 Å². The van der Waals surface area contributed by atoms with Gasteiger partial charge in [-0.25, -0.2) is 0 Å². The molecule has 1 nitrogen and oxygen atoms in total. The average Bonchev–Trinajstić information content (AvgIpc) is 2.06. The quantitative estimate of drug-likeness (QED) is 0.663. The first-order valence-corrected chi connectivity index (χ1v) is 8.37. The molecule has 0 spiro atoms. The maximum absolute atomic E-state index is 5.90. The average molecular weight is 200 g/mol. The molecule has 0 aromatic carbocycles. The smallest absolute Gasteiger partial charge is 0.242 e. The summed E-state index contributed by atoms with van der Waals surface area (Å²) in [5.41, 5.74) is 0. The molecule has 0 aliphatic carbocycles. The van der Waals surface area contributed by atoms with Crippen LogP contribution >= 0.6 is 11.3 Å². The molecule has 0 aliphatic heterocycles. The van der Waals surface area contributed by atoms with E-state index < -0.39 is 8.32 Å². The first-order valence-electron chi connectivity index (χ1n) is 4.14. The van der Waals surface area contributed by atoms with Gasteiger partial charge in [0.1, 0.15) is 5.75 Å². The Balaban J connectivity index is 2.82. The van der Waals surface area contributed by atoms with E-state index in [0.29, 0.717) is 0 Å². The molecule has 3 heteroatoms. The van der Waals surface area contributed by atoms with Crippen molar-refractivity contribution >= 4 is 19.7 Å². The molecule has 0 unspecified atom stereocenters. The molecular weight excluding hydrogens is 184 g/mol. The van der Waals surface area contributed by atoms with E-state index in [-0.39, 0.29) is 0 Å². The molecule has 0 fully saturated rings. The Morgan fingerprint density at radius 1 is 1.25 bits per heavy atom. The molecule has 1 aromatic rings. The lowest BCUT2D eigenvalue weighted by Crippen LogP contribution is -2.29. The molecule has 68 valence electrons. The predicted octanol–water partition coefficient (Wildman–Crippen LogP) is 3.58. The van der Waals surface area contributed by atoms with Crippen molar-refractivity contribution in [3.05, 3.63) is 15.8 Å². The summed E-state index contributed by atoms with van der Waals surface area (Å²) in [6, 6.07) is 2.14. The molecule has 12 heavy (non-hydrogen) atoms. The van der Waals surface area contributed by atoms with Gasteiger partial charge in [-0.1, -0.05) is 0 Å². The van der Waals surface area contributed by atoms with E-state index >= 15 is 0 Å². The van der Waals surface area contributed by atoms with Crippen molar-refractivity contribution in [2.45, 2.75) is 33.5 Å². The number of thiophene rings is 1. The summed E-state index contributed by atoms with van der Waals surface area (Å²) in [5.74, 6) is 1.09. The highest BCUT2D eigenvalue weighted by atomic mass is 32.1. The lowest BCUT2D eigenvalue weighted by atomic mass is 10.4. The van der Waals surface area contributed by atoms with Crippen LogP contribution in [0.2, 0.25) is 19.6 Å². The van der Waals surface area contributed by atoms with E-state index in [1.807, 2.05) is 11.3 Å². The summed E-state index contributed by atoms with van der Waals surface area (Å²) < 4.78 is 5.90. The van der Waals surface area contributed by atoms with Gasteiger partial charge in [-0.3, -0.25) is 0 Å². The molecule has 0 atom stereocenters. The maximum Gasteiger partial charge on any atom is 0.242 e. The Labute approximate surface area is 79.5 Å². The predicted molar refractivity (Wildman–Crippen MR) is 57.8 cm³/mol. The summed E-state index contributed by atoms with van der Waals surface area (Å²) in [5, 5.41) is 0. The van der Waals surface area contributed by atoms with Crippen LogP contribution in [0.1, 0.15) is 9.75 Å². The fourth-order valence-corrected chi connectivity index (χ4v) is 2.83. The minimum atomic E-state index is -1.41. The highest BCUT2D eigenvalue weighted by Gasteiger charge is 2.18. The first kappa shape index (κ1) is 9.80. The van der Waals surface area contributed by atoms with Gasteiger partial charge in [0.2, 0.25) is 8.32 Å². The zero-order chi connectivity index (χ0) is 9.35. The Kier molecular flexibility index (Phi) is 2.63. The van der Waals surface area contributed by atoms with Crippen LogP contribution in [0, 0.1) is 13.8 Å². The number of aryl methyl sites for hydroxylation is 2. The zero-order valence-electron chi connectivity index (χ0n) is 8.39. The summed E-state index contributed by atoms with van der Waals surface area (Å²) in [7, 11) is -1.41. The molecule has 0 saturated heterocycles. The summed E-state index contributed by atoms with van der Waals surface area (Å²) in [6.45, 7) is 10.9. The molecule has 0 N–H and O–H groups in total. The Bertz CT molecular complexity index is 273. The summed E-state index contributed by atoms with van der Waals surface area (Å²) in [4.78, 5) is 2.63. The molecule has 1 aromatic heterocycles. The van der Waals surface area contributed by atoms with Crippen LogP contribution in [0.3, 0.4) is 0 Å². The van der Waals surface area contributed by atoms with Gasteiger partial charge in [0.25, 0.3) is 0 Å². The summed E-state index contributed by atoms with van der Waals surface area (Å²) in [6.07, 6.45) is 0. The number of hydrogen-bond donors (Lipinski definition) is 0. The van der Waals surface area contributed by atoms with Crippen molar-refractivity contribution in [3.8, 4) is 5.75 Å². The van der Waals surface area contributed by atoms with Crippen molar-refractivity contribution in [3.63, 3.8) is 0 Å². The van der Waals surface area contributed by atoms with E-state index in [1.165, 1.54) is 9.75 Å². The number of rotatable bonds is 2. The monoisotopic (exact) mass is 200 g/mol. The van der Waals surface area contributed by atoms with Crippen molar-refractivity contribution < 1.29 is 4.43 Å². The number of hydrogen-bond acceptors (Lipinski definition) is 2. The van der Waals surface area contributed by atoms with Crippen molar-refractivity contribution in [1.82, 2.24) is 0 Å². The van der Waals surface area contributed by atoms with Crippen molar-refractivity contribution in [2.24, 2.45) is 0 Å². The minimum absolute atomic E-state index is 1.09.